The van der Waals surface area contributed by atoms with Crippen molar-refractivity contribution < 1.29 is 23.5 Å². The number of likely N-dealkylation sites (tertiary alicyclic amines) is 1. The van der Waals surface area contributed by atoms with E-state index in [-0.39, 0.29) is 18.6 Å². The molecule has 1 fully saturated rings. The highest BCUT2D eigenvalue weighted by molar-refractivity contribution is 5.94. The summed E-state index contributed by atoms with van der Waals surface area (Å²) >= 11 is 0. The molecule has 1 saturated heterocycles. The van der Waals surface area contributed by atoms with Gasteiger partial charge in [0.05, 0.1) is 25.8 Å². The molecule has 4 rings (SSSR count). The lowest BCUT2D eigenvalue weighted by Crippen LogP contribution is -2.56. The average Bonchev–Trinajstić information content (AvgIpc) is 3.19. The molecule has 0 radical (unpaired) electrons. The van der Waals surface area contributed by atoms with E-state index >= 15 is 0 Å². The molecule has 0 N–H and O–H groups in total. The predicted molar refractivity (Wildman–Crippen MR) is 102 cm³/mol. The van der Waals surface area contributed by atoms with Crippen LogP contribution in [0.2, 0.25) is 0 Å². The van der Waals surface area contributed by atoms with Gasteiger partial charge in [0.2, 0.25) is 11.7 Å². The van der Waals surface area contributed by atoms with Gasteiger partial charge >= 0.3 is 0 Å². The molecule has 0 unspecified atom stereocenters. The van der Waals surface area contributed by atoms with E-state index in [2.05, 4.69) is 15.1 Å². The zero-order valence-electron chi connectivity index (χ0n) is 16.1. The van der Waals surface area contributed by atoms with E-state index in [9.17, 15) is 4.79 Å². The second-order valence-electron chi connectivity index (χ2n) is 6.51. The first-order valence-corrected chi connectivity index (χ1v) is 9.04. The number of hydrogen-bond donors (Lipinski definition) is 0. The van der Waals surface area contributed by atoms with Gasteiger partial charge in [0, 0.05) is 24.9 Å². The highest BCUT2D eigenvalue weighted by atomic mass is 16.5. The molecule has 3 heterocycles. The van der Waals surface area contributed by atoms with E-state index in [1.165, 1.54) is 13.3 Å². The summed E-state index contributed by atoms with van der Waals surface area (Å²) in [5.41, 5.74) is 1.35. The average molecular weight is 396 g/mol. The number of carbonyl (C=O) groups is 1. The summed E-state index contributed by atoms with van der Waals surface area (Å²) in [4.78, 5) is 22.5. The molecule has 0 bridgehead atoms. The molecule has 150 valence electrons. The Morgan fingerprint density at radius 2 is 1.97 bits per heavy atom. The Morgan fingerprint density at radius 1 is 1.17 bits per heavy atom. The van der Waals surface area contributed by atoms with Gasteiger partial charge in [-0.3, -0.25) is 4.79 Å². The summed E-state index contributed by atoms with van der Waals surface area (Å²) in [7, 11) is 3.10. The highest BCUT2D eigenvalue weighted by Gasteiger charge is 2.33. The number of amides is 1. The van der Waals surface area contributed by atoms with Crippen molar-refractivity contribution >= 4 is 5.91 Å². The summed E-state index contributed by atoms with van der Waals surface area (Å²) in [6, 6.07) is 10.8. The Labute approximate surface area is 167 Å². The van der Waals surface area contributed by atoms with Gasteiger partial charge in [-0.15, -0.1) is 0 Å². The van der Waals surface area contributed by atoms with Gasteiger partial charge in [-0.1, -0.05) is 5.16 Å². The van der Waals surface area contributed by atoms with E-state index in [0.29, 0.717) is 36.2 Å². The minimum absolute atomic E-state index is 0.0468. The number of pyridine rings is 1. The van der Waals surface area contributed by atoms with Gasteiger partial charge in [-0.25, -0.2) is 4.98 Å². The van der Waals surface area contributed by atoms with Crippen molar-refractivity contribution in [2.24, 2.45) is 0 Å². The summed E-state index contributed by atoms with van der Waals surface area (Å²) in [6.45, 7) is 1.33. The second kappa shape index (κ2) is 8.27. The normalized spacial score (nSPS) is 13.8. The Hall–Kier alpha value is -3.46. The van der Waals surface area contributed by atoms with Crippen LogP contribution in [0.4, 0.5) is 0 Å². The van der Waals surface area contributed by atoms with Crippen LogP contribution >= 0.6 is 0 Å². The van der Waals surface area contributed by atoms with Crippen molar-refractivity contribution in [1.82, 2.24) is 20.0 Å². The highest BCUT2D eigenvalue weighted by Crippen LogP contribution is 2.23. The van der Waals surface area contributed by atoms with Crippen molar-refractivity contribution in [3.8, 4) is 23.0 Å². The lowest BCUT2D eigenvalue weighted by molar-refractivity contribution is 0.0177. The van der Waals surface area contributed by atoms with Crippen LogP contribution in [0.15, 0.2) is 47.1 Å². The fourth-order valence-electron chi connectivity index (χ4n) is 2.92. The standard InChI is InChI=1S/C20H20N4O5/c1-26-12-18-22-19(23-29-18)13-3-6-15(7-4-13)28-16-10-24(11-16)20(25)14-5-8-17(27-2)21-9-14/h3-9,16H,10-12H2,1-2H3. The van der Waals surface area contributed by atoms with E-state index in [1.54, 1.807) is 24.1 Å². The van der Waals surface area contributed by atoms with E-state index in [4.69, 9.17) is 18.7 Å². The molecule has 0 aliphatic carbocycles. The quantitative estimate of drug-likeness (QED) is 0.599. The SMILES string of the molecule is COCc1nc(-c2ccc(OC3CN(C(=O)c4ccc(OC)nc4)C3)cc2)no1. The van der Waals surface area contributed by atoms with Crippen LogP contribution in [0.3, 0.4) is 0 Å². The third-order valence-electron chi connectivity index (χ3n) is 4.48. The third-order valence-corrected chi connectivity index (χ3v) is 4.48. The lowest BCUT2D eigenvalue weighted by atomic mass is 10.1. The summed E-state index contributed by atoms with van der Waals surface area (Å²) < 4.78 is 21.0. The molecule has 0 saturated carbocycles. The maximum Gasteiger partial charge on any atom is 0.255 e. The maximum absolute atomic E-state index is 12.4. The Kier molecular flexibility index (Phi) is 5.39. The number of rotatable bonds is 7. The van der Waals surface area contributed by atoms with Crippen LogP contribution < -0.4 is 9.47 Å². The molecule has 3 aromatic rings. The Morgan fingerprint density at radius 3 is 2.62 bits per heavy atom. The van der Waals surface area contributed by atoms with Crippen molar-refractivity contribution in [2.45, 2.75) is 12.7 Å². The number of ether oxygens (including phenoxy) is 3. The largest absolute Gasteiger partial charge is 0.487 e. The van der Waals surface area contributed by atoms with Crippen molar-refractivity contribution in [3.05, 3.63) is 54.0 Å². The molecule has 1 aliphatic rings. The minimum atomic E-state index is -0.0701. The minimum Gasteiger partial charge on any atom is -0.487 e. The van der Waals surface area contributed by atoms with Gasteiger partial charge in [0.1, 0.15) is 18.5 Å². The van der Waals surface area contributed by atoms with E-state index < -0.39 is 0 Å². The van der Waals surface area contributed by atoms with Crippen LogP contribution in [0.5, 0.6) is 11.6 Å². The van der Waals surface area contributed by atoms with Crippen molar-refractivity contribution in [3.63, 3.8) is 0 Å². The molecule has 9 nitrogen and oxygen atoms in total. The summed E-state index contributed by atoms with van der Waals surface area (Å²) in [6.07, 6.45) is 1.47. The zero-order valence-corrected chi connectivity index (χ0v) is 16.1. The fourth-order valence-corrected chi connectivity index (χ4v) is 2.92. The van der Waals surface area contributed by atoms with Gasteiger partial charge < -0.3 is 23.6 Å². The molecule has 2 aromatic heterocycles. The molecule has 0 atom stereocenters. The number of nitrogens with zero attached hydrogens (tertiary/aromatic N) is 4. The van der Waals surface area contributed by atoms with Crippen LogP contribution in [0.25, 0.3) is 11.4 Å². The maximum atomic E-state index is 12.4. The van der Waals surface area contributed by atoms with Crippen LogP contribution in [-0.2, 0) is 11.3 Å². The first-order valence-electron chi connectivity index (χ1n) is 9.04. The van der Waals surface area contributed by atoms with Crippen LogP contribution in [0, 0.1) is 0 Å². The fraction of sp³-hybridized carbons (Fsp3) is 0.300. The summed E-state index contributed by atoms with van der Waals surface area (Å²) in [5.74, 6) is 2.05. The van der Waals surface area contributed by atoms with Gasteiger partial charge in [0.25, 0.3) is 11.8 Å². The van der Waals surface area contributed by atoms with Gasteiger partial charge in [-0.05, 0) is 30.3 Å². The molecule has 1 amide bonds. The molecule has 1 aromatic carbocycles. The Bertz CT molecular complexity index is 965. The predicted octanol–water partition coefficient (Wildman–Crippen LogP) is 2.19. The molecule has 9 heteroatoms. The smallest absolute Gasteiger partial charge is 0.255 e. The first kappa shape index (κ1) is 18.9. The van der Waals surface area contributed by atoms with E-state index in [1.807, 2.05) is 24.3 Å². The van der Waals surface area contributed by atoms with Crippen LogP contribution in [-0.4, -0.2) is 59.3 Å². The zero-order chi connectivity index (χ0) is 20.2. The van der Waals surface area contributed by atoms with Crippen LogP contribution in [0.1, 0.15) is 16.2 Å². The Balaban J connectivity index is 1.30. The summed E-state index contributed by atoms with van der Waals surface area (Å²) in [5, 5.41) is 3.93. The number of carbonyl (C=O) groups excluding carboxylic acids is 1. The number of benzene rings is 1. The molecular formula is C20H20N4O5. The lowest BCUT2D eigenvalue weighted by Gasteiger charge is -2.39. The topological polar surface area (TPSA) is 99.8 Å². The third kappa shape index (κ3) is 4.19. The van der Waals surface area contributed by atoms with E-state index in [0.717, 1.165) is 11.3 Å². The monoisotopic (exact) mass is 396 g/mol. The molecule has 29 heavy (non-hydrogen) atoms. The van der Waals surface area contributed by atoms with Crippen molar-refractivity contribution in [2.75, 3.05) is 27.3 Å². The number of methoxy groups -OCH3 is 2. The number of hydrogen-bond acceptors (Lipinski definition) is 8. The molecule has 0 spiro atoms. The molecule has 1 aliphatic heterocycles. The molecular weight excluding hydrogens is 376 g/mol. The van der Waals surface area contributed by atoms with Gasteiger partial charge in [-0.2, -0.15) is 4.98 Å². The second-order valence-corrected chi connectivity index (χ2v) is 6.51. The van der Waals surface area contributed by atoms with Gasteiger partial charge in [0.15, 0.2) is 0 Å². The van der Waals surface area contributed by atoms with Crippen molar-refractivity contribution in [1.29, 1.82) is 0 Å². The first-order chi connectivity index (χ1) is 14.2. The number of aromatic nitrogens is 3.